The lowest BCUT2D eigenvalue weighted by Gasteiger charge is -2.22. The van der Waals surface area contributed by atoms with Crippen LogP contribution in [0, 0.1) is 5.41 Å². The molecule has 0 saturated heterocycles. The van der Waals surface area contributed by atoms with Gasteiger partial charge in [-0.15, -0.1) is 6.58 Å². The van der Waals surface area contributed by atoms with Gasteiger partial charge < -0.3 is 0 Å². The fraction of sp³-hybridized carbons (Fsp3) is 0.250. The fourth-order valence-electron chi connectivity index (χ4n) is 2.52. The third kappa shape index (κ3) is 1.65. The molecular weight excluding hydrogens is 224 g/mol. The van der Waals surface area contributed by atoms with Crippen LogP contribution in [-0.4, -0.2) is 11.6 Å². The predicted octanol–water partition coefficient (Wildman–Crippen LogP) is 3.59. The van der Waals surface area contributed by atoms with E-state index in [4.69, 9.17) is 0 Å². The summed E-state index contributed by atoms with van der Waals surface area (Å²) in [5.74, 6) is -0.137. The lowest BCUT2D eigenvalue weighted by molar-refractivity contribution is 0.0703. The van der Waals surface area contributed by atoms with E-state index in [2.05, 4.69) is 6.58 Å². The first-order chi connectivity index (χ1) is 8.67. The molecule has 0 fully saturated rings. The Morgan fingerprint density at radius 2 is 1.67 bits per heavy atom. The zero-order chi connectivity index (χ0) is 13.2. The Labute approximate surface area is 107 Å². The lowest BCUT2D eigenvalue weighted by Crippen LogP contribution is -2.32. The summed E-state index contributed by atoms with van der Waals surface area (Å²) in [6, 6.07) is 7.06. The second-order valence-corrected chi connectivity index (χ2v) is 4.55. The molecule has 0 heterocycles. The van der Waals surface area contributed by atoms with Crippen molar-refractivity contribution in [1.82, 2.24) is 0 Å². The zero-order valence-electron chi connectivity index (χ0n) is 10.5. The molecule has 2 nitrogen and oxygen atoms in total. The minimum atomic E-state index is -0.960. The van der Waals surface area contributed by atoms with Crippen molar-refractivity contribution in [3.63, 3.8) is 0 Å². The van der Waals surface area contributed by atoms with Crippen LogP contribution in [0.15, 0.2) is 49.1 Å². The number of rotatable bonds is 4. The Morgan fingerprint density at radius 3 is 2.11 bits per heavy atom. The summed E-state index contributed by atoms with van der Waals surface area (Å²) in [5.41, 5.74) is 0.139. The molecule has 0 radical (unpaired) electrons. The molecule has 1 aliphatic rings. The van der Waals surface area contributed by atoms with Gasteiger partial charge in [0.2, 0.25) is 0 Å². The highest BCUT2D eigenvalue weighted by molar-refractivity contribution is 6.29. The van der Waals surface area contributed by atoms with Crippen LogP contribution in [0.1, 0.15) is 40.5 Å². The van der Waals surface area contributed by atoms with E-state index >= 15 is 0 Å². The molecule has 1 aromatic carbocycles. The third-order valence-electron chi connectivity index (χ3n) is 3.48. The molecule has 2 heteroatoms. The molecule has 18 heavy (non-hydrogen) atoms. The molecular formula is C16H16O2. The Bertz CT molecular complexity index is 503. The molecule has 92 valence electrons. The Kier molecular flexibility index (Phi) is 3.28. The van der Waals surface area contributed by atoms with Crippen LogP contribution in [0.5, 0.6) is 0 Å². The molecule has 1 aromatic rings. The number of carbonyl (C=O) groups excluding carboxylic acids is 2. The topological polar surface area (TPSA) is 34.1 Å². The van der Waals surface area contributed by atoms with E-state index in [0.717, 1.165) is 0 Å². The monoisotopic (exact) mass is 240 g/mol. The van der Waals surface area contributed by atoms with E-state index in [1.54, 1.807) is 30.3 Å². The molecule has 0 aromatic heterocycles. The molecule has 0 N–H and O–H groups in total. The molecule has 0 saturated carbocycles. The quantitative estimate of drug-likeness (QED) is 0.595. The van der Waals surface area contributed by atoms with Crippen molar-refractivity contribution in [3.05, 3.63) is 60.2 Å². The van der Waals surface area contributed by atoms with Crippen LogP contribution in [-0.2, 0) is 0 Å². The molecule has 0 aliphatic heterocycles. The van der Waals surface area contributed by atoms with Gasteiger partial charge >= 0.3 is 0 Å². The van der Waals surface area contributed by atoms with E-state index in [-0.39, 0.29) is 11.6 Å². The van der Waals surface area contributed by atoms with Crippen LogP contribution in [0.3, 0.4) is 0 Å². The van der Waals surface area contributed by atoms with Crippen molar-refractivity contribution in [2.45, 2.75) is 19.8 Å². The SMILES string of the molecule is C=CCC1(C/C=C\C)C(=O)c2ccccc2C1=O. The van der Waals surface area contributed by atoms with E-state index in [9.17, 15) is 9.59 Å². The number of fused-ring (bicyclic) bond motifs is 1. The van der Waals surface area contributed by atoms with Crippen LogP contribution in [0.2, 0.25) is 0 Å². The van der Waals surface area contributed by atoms with Gasteiger partial charge in [0.25, 0.3) is 0 Å². The Morgan fingerprint density at radius 1 is 1.11 bits per heavy atom. The maximum Gasteiger partial charge on any atom is 0.178 e. The molecule has 1 aliphatic carbocycles. The van der Waals surface area contributed by atoms with E-state index in [1.807, 2.05) is 19.1 Å². The first kappa shape index (κ1) is 12.5. The van der Waals surface area contributed by atoms with Gasteiger partial charge in [-0.1, -0.05) is 42.5 Å². The van der Waals surface area contributed by atoms with Crippen molar-refractivity contribution in [2.75, 3.05) is 0 Å². The number of hydrogen-bond acceptors (Lipinski definition) is 2. The molecule has 0 spiro atoms. The van der Waals surface area contributed by atoms with Crippen LogP contribution in [0.25, 0.3) is 0 Å². The smallest absolute Gasteiger partial charge is 0.178 e. The minimum absolute atomic E-state index is 0.0684. The van der Waals surface area contributed by atoms with Crippen molar-refractivity contribution in [3.8, 4) is 0 Å². The largest absolute Gasteiger partial charge is 0.293 e. The first-order valence-corrected chi connectivity index (χ1v) is 6.08. The number of benzene rings is 1. The van der Waals surface area contributed by atoms with Gasteiger partial charge in [0.05, 0.1) is 0 Å². The Hall–Kier alpha value is -1.96. The standard InChI is InChI=1S/C16H16O2/c1-3-5-11-16(10-4-2)14(17)12-8-6-7-9-13(12)15(16)18/h3-9H,2,10-11H2,1H3/b5-3-. The maximum atomic E-state index is 12.5. The number of Topliss-reactive ketones (excluding diaryl/α,β-unsaturated/α-hetero) is 2. The van der Waals surface area contributed by atoms with Crippen molar-refractivity contribution in [1.29, 1.82) is 0 Å². The predicted molar refractivity (Wildman–Crippen MR) is 71.8 cm³/mol. The highest BCUT2D eigenvalue weighted by Crippen LogP contribution is 2.42. The summed E-state index contributed by atoms with van der Waals surface area (Å²) in [4.78, 5) is 25.0. The van der Waals surface area contributed by atoms with Crippen molar-refractivity contribution < 1.29 is 9.59 Å². The molecule has 0 bridgehead atoms. The van der Waals surface area contributed by atoms with E-state index in [1.165, 1.54) is 0 Å². The van der Waals surface area contributed by atoms with Gasteiger partial charge in [0.1, 0.15) is 5.41 Å². The molecule has 0 amide bonds. The minimum Gasteiger partial charge on any atom is -0.293 e. The maximum absolute atomic E-state index is 12.5. The van der Waals surface area contributed by atoms with Crippen LogP contribution >= 0.6 is 0 Å². The number of ketones is 2. The molecule has 0 unspecified atom stereocenters. The highest BCUT2D eigenvalue weighted by atomic mass is 16.2. The number of hydrogen-bond donors (Lipinski definition) is 0. The van der Waals surface area contributed by atoms with Gasteiger partial charge in [-0.3, -0.25) is 9.59 Å². The van der Waals surface area contributed by atoms with Gasteiger partial charge in [-0.05, 0) is 19.8 Å². The molecule has 2 rings (SSSR count). The van der Waals surface area contributed by atoms with Crippen molar-refractivity contribution >= 4 is 11.6 Å². The third-order valence-corrected chi connectivity index (χ3v) is 3.48. The summed E-state index contributed by atoms with van der Waals surface area (Å²) in [6.07, 6.45) is 6.25. The van der Waals surface area contributed by atoms with Crippen LogP contribution < -0.4 is 0 Å². The normalized spacial score (nSPS) is 17.2. The lowest BCUT2D eigenvalue weighted by atomic mass is 9.76. The Balaban J connectivity index is 2.54. The van der Waals surface area contributed by atoms with E-state index in [0.29, 0.717) is 24.0 Å². The summed E-state index contributed by atoms with van der Waals surface area (Å²) < 4.78 is 0. The van der Waals surface area contributed by atoms with Gasteiger partial charge in [-0.25, -0.2) is 0 Å². The second kappa shape index (κ2) is 4.73. The second-order valence-electron chi connectivity index (χ2n) is 4.55. The van der Waals surface area contributed by atoms with E-state index < -0.39 is 5.41 Å². The number of allylic oxidation sites excluding steroid dienone is 3. The van der Waals surface area contributed by atoms with Gasteiger partial charge in [0.15, 0.2) is 11.6 Å². The first-order valence-electron chi connectivity index (χ1n) is 6.08. The average molecular weight is 240 g/mol. The highest BCUT2D eigenvalue weighted by Gasteiger charge is 2.50. The average Bonchev–Trinajstić information content (AvgIpc) is 2.60. The summed E-state index contributed by atoms with van der Waals surface area (Å²) in [6.45, 7) is 5.57. The van der Waals surface area contributed by atoms with Crippen molar-refractivity contribution in [2.24, 2.45) is 5.41 Å². The van der Waals surface area contributed by atoms with Crippen LogP contribution in [0.4, 0.5) is 0 Å². The summed E-state index contributed by atoms with van der Waals surface area (Å²) in [7, 11) is 0. The number of carbonyl (C=O) groups is 2. The summed E-state index contributed by atoms with van der Waals surface area (Å²) >= 11 is 0. The zero-order valence-corrected chi connectivity index (χ0v) is 10.5. The van der Waals surface area contributed by atoms with Gasteiger partial charge in [-0.2, -0.15) is 0 Å². The fourth-order valence-corrected chi connectivity index (χ4v) is 2.52. The molecule has 0 atom stereocenters. The summed E-state index contributed by atoms with van der Waals surface area (Å²) in [5, 5.41) is 0. The van der Waals surface area contributed by atoms with Gasteiger partial charge in [0, 0.05) is 11.1 Å².